The van der Waals surface area contributed by atoms with Crippen LogP contribution in [0.15, 0.2) is 79.0 Å². The van der Waals surface area contributed by atoms with E-state index in [-0.39, 0.29) is 11.6 Å². The lowest BCUT2D eigenvalue weighted by atomic mass is 10.0. The molecular formula is C27H25N3O3. The zero-order valence-corrected chi connectivity index (χ0v) is 18.8. The first-order chi connectivity index (χ1) is 15.9. The van der Waals surface area contributed by atoms with Crippen LogP contribution in [-0.4, -0.2) is 28.5 Å². The Balaban J connectivity index is 1.47. The zero-order valence-electron chi connectivity index (χ0n) is 18.8. The monoisotopic (exact) mass is 439 g/mol. The zero-order chi connectivity index (χ0) is 23.0. The van der Waals surface area contributed by atoms with Crippen LogP contribution in [0.4, 0.5) is 10.5 Å². The third kappa shape index (κ3) is 4.20. The van der Waals surface area contributed by atoms with Crippen LogP contribution in [0.2, 0.25) is 0 Å². The number of hydrogen-bond acceptors (Lipinski definition) is 4. The summed E-state index contributed by atoms with van der Waals surface area (Å²) in [5.74, 6) is 1.63. The highest BCUT2D eigenvalue weighted by molar-refractivity contribution is 5.93. The number of amides is 1. The van der Waals surface area contributed by atoms with Gasteiger partial charge in [-0.05, 0) is 61.9 Å². The number of anilines is 1. The number of carbonyl (C=O) groups excluding carboxylic acids is 1. The molecule has 1 aliphatic rings. The third-order valence-corrected chi connectivity index (χ3v) is 5.68. The van der Waals surface area contributed by atoms with Gasteiger partial charge in [-0.2, -0.15) is 9.78 Å². The van der Waals surface area contributed by atoms with Crippen molar-refractivity contribution in [2.45, 2.75) is 25.9 Å². The average molecular weight is 440 g/mol. The fraction of sp³-hybridized carbons (Fsp3) is 0.185. The van der Waals surface area contributed by atoms with Crippen molar-refractivity contribution in [3.05, 3.63) is 84.6 Å². The molecule has 3 aromatic carbocycles. The fourth-order valence-electron chi connectivity index (χ4n) is 4.14. The maximum absolute atomic E-state index is 13.1. The summed E-state index contributed by atoms with van der Waals surface area (Å²) in [6.45, 7) is 4.11. The van der Waals surface area contributed by atoms with Crippen molar-refractivity contribution in [1.29, 1.82) is 0 Å². The molecule has 0 bridgehead atoms. The number of hydrogen-bond donors (Lipinski definition) is 1. The Hall–Kier alpha value is -4.06. The number of benzene rings is 3. The largest absolute Gasteiger partial charge is 0.497 e. The van der Waals surface area contributed by atoms with Gasteiger partial charge in [0.1, 0.15) is 22.8 Å². The summed E-state index contributed by atoms with van der Waals surface area (Å²) in [5.41, 5.74) is 5.05. The Morgan fingerprint density at radius 2 is 1.79 bits per heavy atom. The Morgan fingerprint density at radius 1 is 1.03 bits per heavy atom. The highest BCUT2D eigenvalue weighted by Crippen LogP contribution is 2.36. The summed E-state index contributed by atoms with van der Waals surface area (Å²) in [6.07, 6.45) is 2.57. The van der Waals surface area contributed by atoms with Crippen LogP contribution in [0.1, 0.15) is 19.4 Å². The standard InChI is InChI=1S/C27H25N3O3/c1-27(2)16-20-15-21(11-14-24(20)33-27)28-26(31)30-17-23(18-7-5-4-6-8-18)25(29-30)19-9-12-22(32-3)13-10-19/h4-15,17H,16H2,1-3H3,(H,28,31). The van der Waals surface area contributed by atoms with Crippen molar-refractivity contribution in [2.24, 2.45) is 0 Å². The van der Waals surface area contributed by atoms with E-state index in [1.807, 2.05) is 72.8 Å². The smallest absolute Gasteiger partial charge is 0.346 e. The summed E-state index contributed by atoms with van der Waals surface area (Å²) >= 11 is 0. The van der Waals surface area contributed by atoms with Gasteiger partial charge in [-0.1, -0.05) is 30.3 Å². The highest BCUT2D eigenvalue weighted by atomic mass is 16.5. The van der Waals surface area contributed by atoms with Gasteiger partial charge in [-0.15, -0.1) is 0 Å². The molecule has 0 atom stereocenters. The molecule has 0 saturated heterocycles. The number of ether oxygens (including phenoxy) is 2. The number of fused-ring (bicyclic) bond motifs is 1. The summed E-state index contributed by atoms with van der Waals surface area (Å²) in [7, 11) is 1.63. The Labute approximate surface area is 192 Å². The number of nitrogens with zero attached hydrogens (tertiary/aromatic N) is 2. The van der Waals surface area contributed by atoms with E-state index in [2.05, 4.69) is 24.3 Å². The van der Waals surface area contributed by atoms with Gasteiger partial charge in [0.2, 0.25) is 0 Å². The van der Waals surface area contributed by atoms with Gasteiger partial charge >= 0.3 is 6.03 Å². The molecule has 4 aromatic rings. The van der Waals surface area contributed by atoms with Gasteiger partial charge in [-0.25, -0.2) is 4.79 Å². The Morgan fingerprint density at radius 3 is 2.52 bits per heavy atom. The van der Waals surface area contributed by atoms with E-state index < -0.39 is 0 Å². The summed E-state index contributed by atoms with van der Waals surface area (Å²) in [6, 6.07) is 23.0. The maximum atomic E-state index is 13.1. The normalized spacial score (nSPS) is 13.8. The van der Waals surface area contributed by atoms with Gasteiger partial charge in [0, 0.05) is 35.0 Å². The minimum Gasteiger partial charge on any atom is -0.497 e. The van der Waals surface area contributed by atoms with Gasteiger partial charge in [-0.3, -0.25) is 0 Å². The lowest BCUT2D eigenvalue weighted by Crippen LogP contribution is -2.24. The number of methoxy groups -OCH3 is 1. The Bertz CT molecular complexity index is 1310. The first-order valence-corrected chi connectivity index (χ1v) is 10.8. The number of rotatable bonds is 4. The third-order valence-electron chi connectivity index (χ3n) is 5.68. The minimum absolute atomic E-state index is 0.231. The second-order valence-electron chi connectivity index (χ2n) is 8.72. The molecule has 1 N–H and O–H groups in total. The SMILES string of the molecule is COc1ccc(-c2nn(C(=O)Nc3ccc4c(c3)CC(C)(C)O4)cc2-c2ccccc2)cc1. The molecule has 2 heterocycles. The van der Waals surface area contributed by atoms with Gasteiger partial charge in [0.05, 0.1) is 7.11 Å². The van der Waals surface area contributed by atoms with E-state index in [4.69, 9.17) is 9.47 Å². The predicted octanol–water partition coefficient (Wildman–Crippen LogP) is 6.02. The molecule has 1 amide bonds. The molecule has 0 fully saturated rings. The number of nitrogens with one attached hydrogen (secondary N) is 1. The van der Waals surface area contributed by atoms with Gasteiger partial charge < -0.3 is 14.8 Å². The second-order valence-corrected chi connectivity index (χ2v) is 8.72. The number of carbonyl (C=O) groups is 1. The van der Waals surface area contributed by atoms with Crippen molar-refractivity contribution in [2.75, 3.05) is 12.4 Å². The molecule has 0 spiro atoms. The fourth-order valence-corrected chi connectivity index (χ4v) is 4.14. The van der Waals surface area contributed by atoms with Crippen molar-refractivity contribution < 1.29 is 14.3 Å². The highest BCUT2D eigenvalue weighted by Gasteiger charge is 2.30. The molecule has 0 aliphatic carbocycles. The van der Waals surface area contributed by atoms with Crippen molar-refractivity contribution in [1.82, 2.24) is 9.78 Å². The van der Waals surface area contributed by atoms with Crippen LogP contribution in [0.25, 0.3) is 22.4 Å². The van der Waals surface area contributed by atoms with Crippen LogP contribution in [-0.2, 0) is 6.42 Å². The van der Waals surface area contributed by atoms with Crippen LogP contribution < -0.4 is 14.8 Å². The van der Waals surface area contributed by atoms with Crippen molar-refractivity contribution in [3.8, 4) is 33.9 Å². The molecule has 1 aromatic heterocycles. The molecule has 0 saturated carbocycles. The summed E-state index contributed by atoms with van der Waals surface area (Å²) < 4.78 is 12.6. The first kappa shape index (κ1) is 20.8. The summed E-state index contributed by atoms with van der Waals surface area (Å²) in [5, 5.41) is 7.61. The average Bonchev–Trinajstić information content (AvgIpc) is 3.39. The maximum Gasteiger partial charge on any atom is 0.346 e. The van der Waals surface area contributed by atoms with E-state index >= 15 is 0 Å². The lowest BCUT2D eigenvalue weighted by Gasteiger charge is -2.16. The summed E-state index contributed by atoms with van der Waals surface area (Å²) in [4.78, 5) is 13.1. The van der Waals surface area contributed by atoms with E-state index in [1.165, 1.54) is 4.68 Å². The minimum atomic E-state index is -0.329. The number of aromatic nitrogens is 2. The van der Waals surface area contributed by atoms with Crippen LogP contribution in [0, 0.1) is 0 Å². The van der Waals surface area contributed by atoms with Crippen molar-refractivity contribution >= 4 is 11.7 Å². The first-order valence-electron chi connectivity index (χ1n) is 10.8. The molecule has 33 heavy (non-hydrogen) atoms. The van der Waals surface area contributed by atoms with E-state index in [0.717, 1.165) is 45.9 Å². The Kier molecular flexibility index (Phi) is 5.13. The van der Waals surface area contributed by atoms with Crippen LogP contribution in [0.3, 0.4) is 0 Å². The topological polar surface area (TPSA) is 65.4 Å². The van der Waals surface area contributed by atoms with E-state index in [9.17, 15) is 4.79 Å². The lowest BCUT2D eigenvalue weighted by molar-refractivity contribution is 0.138. The van der Waals surface area contributed by atoms with Crippen LogP contribution in [0.5, 0.6) is 11.5 Å². The molecule has 166 valence electrons. The van der Waals surface area contributed by atoms with Crippen LogP contribution >= 0.6 is 0 Å². The van der Waals surface area contributed by atoms with Crippen molar-refractivity contribution in [3.63, 3.8) is 0 Å². The van der Waals surface area contributed by atoms with E-state index in [1.54, 1.807) is 13.3 Å². The van der Waals surface area contributed by atoms with E-state index in [0.29, 0.717) is 5.69 Å². The molecule has 1 aliphatic heterocycles. The quantitative estimate of drug-likeness (QED) is 0.422. The molecule has 6 nitrogen and oxygen atoms in total. The molecule has 0 radical (unpaired) electrons. The van der Waals surface area contributed by atoms with Gasteiger partial charge in [0.15, 0.2) is 0 Å². The molecule has 6 heteroatoms. The second kappa shape index (κ2) is 8.13. The molecule has 5 rings (SSSR count). The molecular weight excluding hydrogens is 414 g/mol. The predicted molar refractivity (Wildman–Crippen MR) is 129 cm³/mol. The van der Waals surface area contributed by atoms with Gasteiger partial charge in [0.25, 0.3) is 0 Å². The molecule has 0 unspecified atom stereocenters.